The van der Waals surface area contributed by atoms with Crippen molar-refractivity contribution < 1.29 is 4.42 Å². The monoisotopic (exact) mass is 1040 g/mol. The first-order chi connectivity index (χ1) is 40.2. The van der Waals surface area contributed by atoms with E-state index in [-0.39, 0.29) is 0 Å². The summed E-state index contributed by atoms with van der Waals surface area (Å²) in [5, 5.41) is 6.61. The van der Waals surface area contributed by atoms with Gasteiger partial charge in [-0.3, -0.25) is 0 Å². The highest BCUT2D eigenvalue weighted by molar-refractivity contribution is 6.19. The second kappa shape index (κ2) is 20.1. The third-order valence-electron chi connectivity index (χ3n) is 15.5. The maximum absolute atomic E-state index is 6.76. The average molecular weight is 1040 g/mol. The Morgan fingerprint density at radius 2 is 0.753 bits per heavy atom. The van der Waals surface area contributed by atoms with Crippen LogP contribution in [0.2, 0.25) is 0 Å². The van der Waals surface area contributed by atoms with E-state index in [1.807, 2.05) is 30.3 Å². The fourth-order valence-electron chi connectivity index (χ4n) is 11.8. The first kappa shape index (κ1) is 47.3. The smallest absolute Gasteiger partial charge is 0.227 e. The van der Waals surface area contributed by atoms with Crippen molar-refractivity contribution in [1.82, 2.24) is 9.55 Å². The normalized spacial score (nSPS) is 11.5. The Morgan fingerprint density at radius 1 is 0.309 bits per heavy atom. The molecule has 15 rings (SSSR count). The molecule has 0 bridgehead atoms. The number of oxazole rings is 1. The predicted octanol–water partition coefficient (Wildman–Crippen LogP) is 21.0. The first-order valence-electron chi connectivity index (χ1n) is 27.4. The highest BCUT2D eigenvalue weighted by atomic mass is 16.3. The second-order valence-electron chi connectivity index (χ2n) is 20.4. The molecule has 0 aliphatic rings. The van der Waals surface area contributed by atoms with Crippen LogP contribution in [0.4, 0.5) is 51.2 Å². The van der Waals surface area contributed by atoms with Gasteiger partial charge in [0, 0.05) is 78.5 Å². The third kappa shape index (κ3) is 8.50. The van der Waals surface area contributed by atoms with Crippen molar-refractivity contribution in [3.8, 4) is 28.3 Å². The van der Waals surface area contributed by atoms with Crippen LogP contribution in [0, 0.1) is 0 Å². The summed E-state index contributed by atoms with van der Waals surface area (Å²) in [4.78, 5) is 12.1. The number of hydrogen-bond donors (Lipinski definition) is 0. The van der Waals surface area contributed by atoms with Gasteiger partial charge in [-0.25, -0.2) is 4.98 Å². The Kier molecular flexibility index (Phi) is 11.7. The van der Waals surface area contributed by atoms with E-state index in [1.54, 1.807) is 0 Å². The zero-order valence-electron chi connectivity index (χ0n) is 44.1. The van der Waals surface area contributed by atoms with E-state index in [9.17, 15) is 0 Å². The Bertz CT molecular complexity index is 4540. The number of fused-ring (bicyclic) bond motifs is 8. The summed E-state index contributed by atoms with van der Waals surface area (Å²) < 4.78 is 9.22. The van der Waals surface area contributed by atoms with Gasteiger partial charge in [-0.1, -0.05) is 182 Å². The van der Waals surface area contributed by atoms with E-state index in [0.29, 0.717) is 5.89 Å². The number of anilines is 9. The third-order valence-corrected chi connectivity index (χ3v) is 15.5. The zero-order valence-corrected chi connectivity index (χ0v) is 44.1. The molecule has 6 heteroatoms. The second-order valence-corrected chi connectivity index (χ2v) is 20.4. The largest absolute Gasteiger partial charge is 0.435 e. The summed E-state index contributed by atoms with van der Waals surface area (Å²) >= 11 is 0. The van der Waals surface area contributed by atoms with E-state index in [4.69, 9.17) is 9.40 Å². The standard InChI is InChI=1S/C75H51N5O/c1-7-22-52(23-8-1)65-36-19-20-37-70(65)79(62-42-40-53-38-39-54-41-47-69-74(73(54)68(53)49-62)81-75(76-69)55-24-9-2-10-25-55)60-34-21-35-61(48-60)80-71-50-63(77(56-26-11-3-12-27-56)57-28-13-4-14-29-57)43-45-66(71)67-46-44-64(51-72(67)80)78(58-30-15-5-16-31-58)59-32-17-6-18-33-59/h1-51H. The Morgan fingerprint density at radius 3 is 1.33 bits per heavy atom. The van der Waals surface area contributed by atoms with Gasteiger partial charge in [-0.2, -0.15) is 0 Å². The average Bonchev–Trinajstić information content (AvgIpc) is 4.37. The van der Waals surface area contributed by atoms with Crippen LogP contribution in [0.3, 0.4) is 0 Å². The van der Waals surface area contributed by atoms with Crippen LogP contribution in [-0.4, -0.2) is 9.55 Å². The summed E-state index contributed by atoms with van der Waals surface area (Å²) in [6, 6.07) is 111. The lowest BCUT2D eigenvalue weighted by molar-refractivity contribution is 0.623. The number of hydrogen-bond acceptors (Lipinski definition) is 5. The van der Waals surface area contributed by atoms with Gasteiger partial charge in [0.15, 0.2) is 5.58 Å². The van der Waals surface area contributed by atoms with Gasteiger partial charge in [-0.15, -0.1) is 0 Å². The Hall–Kier alpha value is -11.0. The first-order valence-corrected chi connectivity index (χ1v) is 27.4. The fourth-order valence-corrected chi connectivity index (χ4v) is 11.8. The quantitative estimate of drug-likeness (QED) is 0.114. The van der Waals surface area contributed by atoms with Gasteiger partial charge in [-0.05, 0) is 149 Å². The molecule has 81 heavy (non-hydrogen) atoms. The van der Waals surface area contributed by atoms with Crippen molar-refractivity contribution in [2.75, 3.05) is 14.7 Å². The van der Waals surface area contributed by atoms with Crippen molar-refractivity contribution in [1.29, 1.82) is 0 Å². The summed E-state index contributed by atoms with van der Waals surface area (Å²) in [5.74, 6) is 0.603. The lowest BCUT2D eigenvalue weighted by Crippen LogP contribution is -2.12. The lowest BCUT2D eigenvalue weighted by atomic mass is 9.99. The van der Waals surface area contributed by atoms with Gasteiger partial charge in [0.05, 0.1) is 16.7 Å². The van der Waals surface area contributed by atoms with Gasteiger partial charge in [0.25, 0.3) is 0 Å². The highest BCUT2D eigenvalue weighted by Crippen LogP contribution is 2.47. The Balaban J connectivity index is 0.979. The van der Waals surface area contributed by atoms with Crippen molar-refractivity contribution >= 4 is 106 Å². The number of nitrogens with zero attached hydrogens (tertiary/aromatic N) is 5. The molecule has 0 spiro atoms. The molecule has 15 aromatic rings. The molecule has 0 fully saturated rings. The zero-order chi connectivity index (χ0) is 53.6. The lowest BCUT2D eigenvalue weighted by Gasteiger charge is -2.29. The topological polar surface area (TPSA) is 40.7 Å². The van der Waals surface area contributed by atoms with Crippen LogP contribution in [0.5, 0.6) is 0 Å². The van der Waals surface area contributed by atoms with E-state index in [0.717, 1.165) is 128 Å². The molecule has 0 amide bonds. The van der Waals surface area contributed by atoms with Crippen molar-refractivity contribution in [3.05, 3.63) is 309 Å². The van der Waals surface area contributed by atoms with E-state index in [2.05, 4.69) is 298 Å². The summed E-state index contributed by atoms with van der Waals surface area (Å²) in [6.07, 6.45) is 0. The number of benzene rings is 13. The van der Waals surface area contributed by atoms with Gasteiger partial charge < -0.3 is 23.7 Å². The fraction of sp³-hybridized carbons (Fsp3) is 0. The van der Waals surface area contributed by atoms with E-state index < -0.39 is 0 Å². The molecule has 0 saturated heterocycles. The van der Waals surface area contributed by atoms with Crippen molar-refractivity contribution in [2.45, 2.75) is 0 Å². The molecule has 2 heterocycles. The maximum Gasteiger partial charge on any atom is 0.227 e. The molecule has 0 aliphatic heterocycles. The van der Waals surface area contributed by atoms with Gasteiger partial charge >= 0.3 is 0 Å². The van der Waals surface area contributed by atoms with Crippen LogP contribution >= 0.6 is 0 Å². The molecule has 0 N–H and O–H groups in total. The molecular formula is C75H51N5O. The summed E-state index contributed by atoms with van der Waals surface area (Å²) in [6.45, 7) is 0. The van der Waals surface area contributed by atoms with E-state index in [1.165, 1.54) is 0 Å². The minimum atomic E-state index is 0.603. The molecule has 2 aromatic heterocycles. The number of para-hydroxylation sites is 5. The maximum atomic E-state index is 6.76. The van der Waals surface area contributed by atoms with Crippen molar-refractivity contribution in [2.24, 2.45) is 0 Å². The van der Waals surface area contributed by atoms with Crippen molar-refractivity contribution in [3.63, 3.8) is 0 Å². The Labute approximate surface area is 469 Å². The SMILES string of the molecule is c1ccc(-c2nc3ccc4ccc5ccc(N(c6cccc(-n7c8cc(N(c9ccccc9)c9ccccc9)ccc8c8ccc(N(c9ccccc9)c9ccccc9)cc87)c6)c6ccccc6-c6ccccc6)cc5c4c3o2)cc1. The van der Waals surface area contributed by atoms with Crippen LogP contribution in [-0.2, 0) is 0 Å². The number of aromatic nitrogens is 2. The summed E-state index contributed by atoms with van der Waals surface area (Å²) in [5.41, 5.74) is 17.4. The molecule has 0 radical (unpaired) electrons. The number of rotatable bonds is 12. The van der Waals surface area contributed by atoms with Crippen LogP contribution in [0.25, 0.3) is 82.7 Å². The molecular weight excluding hydrogens is 987 g/mol. The van der Waals surface area contributed by atoms with Crippen LogP contribution in [0.15, 0.2) is 314 Å². The minimum Gasteiger partial charge on any atom is -0.435 e. The molecule has 0 unspecified atom stereocenters. The molecule has 0 aliphatic carbocycles. The summed E-state index contributed by atoms with van der Waals surface area (Å²) in [7, 11) is 0. The minimum absolute atomic E-state index is 0.603. The van der Waals surface area contributed by atoms with Crippen LogP contribution < -0.4 is 14.7 Å². The molecule has 6 nitrogen and oxygen atoms in total. The van der Waals surface area contributed by atoms with Gasteiger partial charge in [0.2, 0.25) is 5.89 Å². The van der Waals surface area contributed by atoms with E-state index >= 15 is 0 Å². The molecule has 13 aromatic carbocycles. The predicted molar refractivity (Wildman–Crippen MR) is 338 cm³/mol. The highest BCUT2D eigenvalue weighted by Gasteiger charge is 2.24. The van der Waals surface area contributed by atoms with Gasteiger partial charge in [0.1, 0.15) is 5.52 Å². The molecule has 382 valence electrons. The molecule has 0 atom stereocenters. The molecule has 0 saturated carbocycles. The van der Waals surface area contributed by atoms with Crippen LogP contribution in [0.1, 0.15) is 0 Å².